The molecule has 1 aliphatic rings. The Bertz CT molecular complexity index is 1160. The largest absolute Gasteiger partial charge is 0.493 e. The molecule has 1 aliphatic heterocycles. The first-order valence-electron chi connectivity index (χ1n) is 10.0. The quantitative estimate of drug-likeness (QED) is 0.597. The van der Waals surface area contributed by atoms with E-state index in [9.17, 15) is 4.39 Å². The smallest absolute Gasteiger partial charge is 0.223 e. The van der Waals surface area contributed by atoms with Crippen LogP contribution in [0.1, 0.15) is 36.6 Å². The summed E-state index contributed by atoms with van der Waals surface area (Å²) in [5.74, 6) is 1.07. The predicted molar refractivity (Wildman–Crippen MR) is 120 cm³/mol. The molecule has 0 aliphatic carbocycles. The lowest BCUT2D eigenvalue weighted by atomic mass is 9.98. The van der Waals surface area contributed by atoms with E-state index in [0.717, 1.165) is 41.1 Å². The maximum atomic E-state index is 13.4. The highest BCUT2D eigenvalue weighted by Gasteiger charge is 2.24. The minimum Gasteiger partial charge on any atom is -0.493 e. The van der Waals surface area contributed by atoms with Gasteiger partial charge in [0.05, 0.1) is 24.2 Å². The molecule has 0 atom stereocenters. The van der Waals surface area contributed by atoms with Gasteiger partial charge in [0.25, 0.3) is 0 Å². The lowest BCUT2D eigenvalue weighted by molar-refractivity contribution is 0.415. The van der Waals surface area contributed by atoms with Crippen molar-refractivity contribution in [3.8, 4) is 5.75 Å². The SMILES string of the molecule is CCCNc1nccc(C2=C(c3cnc(N)c(OC)c3)CC(c3ccc(F)cc3)=N2)n1. The number of hydrogen-bond acceptors (Lipinski definition) is 7. The summed E-state index contributed by atoms with van der Waals surface area (Å²) in [5.41, 5.74) is 10.8. The van der Waals surface area contributed by atoms with E-state index in [1.165, 1.54) is 12.1 Å². The Morgan fingerprint density at radius 2 is 1.94 bits per heavy atom. The molecule has 3 heterocycles. The van der Waals surface area contributed by atoms with Gasteiger partial charge in [0.2, 0.25) is 5.95 Å². The van der Waals surface area contributed by atoms with E-state index in [1.807, 2.05) is 12.1 Å². The standard InChI is InChI=1S/C23H23FN6O/c1-3-9-26-23-27-10-8-18(30-23)21-17(15-11-20(31-2)22(25)28-13-15)12-19(29-21)14-4-6-16(24)7-5-14/h4-8,10-11,13H,3,9,12H2,1-2H3,(H2,25,28)(H,26,27,30). The maximum Gasteiger partial charge on any atom is 0.223 e. The molecule has 0 fully saturated rings. The molecule has 0 radical (unpaired) electrons. The van der Waals surface area contributed by atoms with Crippen molar-refractivity contribution in [2.45, 2.75) is 19.8 Å². The molecule has 31 heavy (non-hydrogen) atoms. The van der Waals surface area contributed by atoms with E-state index in [0.29, 0.717) is 29.6 Å². The zero-order valence-corrected chi connectivity index (χ0v) is 17.4. The number of anilines is 2. The van der Waals surface area contributed by atoms with Gasteiger partial charge in [-0.1, -0.05) is 19.1 Å². The minimum atomic E-state index is -0.286. The molecule has 8 heteroatoms. The predicted octanol–water partition coefficient (Wildman–Crippen LogP) is 4.18. The van der Waals surface area contributed by atoms with Gasteiger partial charge in [-0.15, -0.1) is 0 Å². The summed E-state index contributed by atoms with van der Waals surface area (Å²) in [6, 6.07) is 9.99. The van der Waals surface area contributed by atoms with E-state index >= 15 is 0 Å². The number of aromatic nitrogens is 3. The van der Waals surface area contributed by atoms with Gasteiger partial charge in [0.1, 0.15) is 5.82 Å². The number of nitrogens with one attached hydrogen (secondary N) is 1. The summed E-state index contributed by atoms with van der Waals surface area (Å²) in [5, 5.41) is 3.20. The molecular formula is C23H23FN6O. The number of aliphatic imine (C=N–C) groups is 1. The number of ether oxygens (including phenoxy) is 1. The van der Waals surface area contributed by atoms with Crippen molar-refractivity contribution in [2.24, 2.45) is 4.99 Å². The number of nitrogen functional groups attached to an aromatic ring is 1. The van der Waals surface area contributed by atoms with E-state index in [1.54, 1.807) is 31.6 Å². The van der Waals surface area contributed by atoms with E-state index in [2.05, 4.69) is 27.2 Å². The number of pyridine rings is 1. The Kier molecular flexibility index (Phi) is 5.88. The average molecular weight is 418 g/mol. The summed E-state index contributed by atoms with van der Waals surface area (Å²) >= 11 is 0. The molecule has 7 nitrogen and oxygen atoms in total. The van der Waals surface area contributed by atoms with Crippen molar-refractivity contribution in [3.63, 3.8) is 0 Å². The number of rotatable bonds is 7. The number of allylic oxidation sites excluding steroid dienone is 1. The van der Waals surface area contributed by atoms with E-state index < -0.39 is 0 Å². The molecular weight excluding hydrogens is 395 g/mol. The Balaban J connectivity index is 1.80. The van der Waals surface area contributed by atoms with Crippen molar-refractivity contribution in [3.05, 3.63) is 71.4 Å². The fraction of sp³-hybridized carbons (Fsp3) is 0.217. The molecule has 2 aromatic heterocycles. The average Bonchev–Trinajstić information content (AvgIpc) is 3.24. The summed E-state index contributed by atoms with van der Waals surface area (Å²) in [4.78, 5) is 18.1. The monoisotopic (exact) mass is 418 g/mol. The van der Waals surface area contributed by atoms with Gasteiger partial charge in [-0.25, -0.2) is 24.3 Å². The molecule has 0 bridgehead atoms. The first-order chi connectivity index (χ1) is 15.1. The highest BCUT2D eigenvalue weighted by atomic mass is 19.1. The van der Waals surface area contributed by atoms with Gasteiger partial charge in [-0.05, 0) is 41.8 Å². The number of methoxy groups -OCH3 is 1. The van der Waals surface area contributed by atoms with Gasteiger partial charge in [0, 0.05) is 30.9 Å². The second kappa shape index (κ2) is 8.91. The fourth-order valence-corrected chi connectivity index (χ4v) is 3.35. The van der Waals surface area contributed by atoms with Crippen LogP contribution in [0.3, 0.4) is 0 Å². The first kappa shape index (κ1) is 20.5. The Morgan fingerprint density at radius 1 is 1.13 bits per heavy atom. The van der Waals surface area contributed by atoms with Crippen molar-refractivity contribution >= 4 is 28.7 Å². The molecule has 4 rings (SSSR count). The third-order valence-electron chi connectivity index (χ3n) is 4.94. The molecule has 3 N–H and O–H groups in total. The normalized spacial score (nSPS) is 13.3. The Hall–Kier alpha value is -3.81. The number of hydrogen-bond donors (Lipinski definition) is 2. The van der Waals surface area contributed by atoms with Crippen molar-refractivity contribution in [1.29, 1.82) is 0 Å². The molecule has 0 saturated heterocycles. The topological polar surface area (TPSA) is 98.3 Å². The molecule has 1 aromatic carbocycles. The zero-order chi connectivity index (χ0) is 21.8. The molecule has 0 amide bonds. The number of benzene rings is 1. The van der Waals surface area contributed by atoms with Crippen LogP contribution in [0, 0.1) is 5.82 Å². The van der Waals surface area contributed by atoms with Crippen LogP contribution in [0.4, 0.5) is 16.2 Å². The molecule has 0 saturated carbocycles. The van der Waals surface area contributed by atoms with Crippen LogP contribution in [0.2, 0.25) is 0 Å². The van der Waals surface area contributed by atoms with Gasteiger partial charge in [-0.3, -0.25) is 0 Å². The molecule has 3 aromatic rings. The zero-order valence-electron chi connectivity index (χ0n) is 17.4. The Labute approximate surface area is 179 Å². The van der Waals surface area contributed by atoms with Crippen LogP contribution in [0.15, 0.2) is 53.8 Å². The van der Waals surface area contributed by atoms with Gasteiger partial charge in [0.15, 0.2) is 11.6 Å². The van der Waals surface area contributed by atoms with Crippen molar-refractivity contribution in [1.82, 2.24) is 15.0 Å². The molecule has 0 spiro atoms. The second-order valence-corrected chi connectivity index (χ2v) is 7.07. The fourth-order valence-electron chi connectivity index (χ4n) is 3.35. The van der Waals surface area contributed by atoms with Crippen LogP contribution in [0.25, 0.3) is 11.3 Å². The van der Waals surface area contributed by atoms with Crippen LogP contribution >= 0.6 is 0 Å². The third kappa shape index (κ3) is 4.37. The van der Waals surface area contributed by atoms with Crippen LogP contribution in [-0.2, 0) is 0 Å². The van der Waals surface area contributed by atoms with Gasteiger partial charge >= 0.3 is 0 Å². The summed E-state index contributed by atoms with van der Waals surface area (Å²) < 4.78 is 18.8. The van der Waals surface area contributed by atoms with Crippen LogP contribution < -0.4 is 15.8 Å². The van der Waals surface area contributed by atoms with Crippen molar-refractivity contribution in [2.75, 3.05) is 24.7 Å². The van der Waals surface area contributed by atoms with Gasteiger partial charge < -0.3 is 15.8 Å². The lowest BCUT2D eigenvalue weighted by Crippen LogP contribution is -2.05. The van der Waals surface area contributed by atoms with E-state index in [-0.39, 0.29) is 5.82 Å². The van der Waals surface area contributed by atoms with E-state index in [4.69, 9.17) is 15.5 Å². The summed E-state index contributed by atoms with van der Waals surface area (Å²) in [7, 11) is 1.55. The Morgan fingerprint density at radius 3 is 2.68 bits per heavy atom. The second-order valence-electron chi connectivity index (χ2n) is 7.07. The minimum absolute atomic E-state index is 0.286. The van der Waals surface area contributed by atoms with Crippen molar-refractivity contribution < 1.29 is 9.13 Å². The third-order valence-corrected chi connectivity index (χ3v) is 4.94. The number of nitrogens with zero attached hydrogens (tertiary/aromatic N) is 4. The van der Waals surface area contributed by atoms with Crippen LogP contribution in [-0.4, -0.2) is 34.3 Å². The summed E-state index contributed by atoms with van der Waals surface area (Å²) in [6.45, 7) is 2.85. The highest BCUT2D eigenvalue weighted by molar-refractivity contribution is 6.16. The molecule has 158 valence electrons. The first-order valence-corrected chi connectivity index (χ1v) is 10.0. The number of halogens is 1. The highest BCUT2D eigenvalue weighted by Crippen LogP contribution is 2.38. The van der Waals surface area contributed by atoms with Gasteiger partial charge in [-0.2, -0.15) is 0 Å². The molecule has 0 unspecified atom stereocenters. The number of nitrogens with two attached hydrogens (primary N) is 1. The lowest BCUT2D eigenvalue weighted by Gasteiger charge is -2.10. The summed E-state index contributed by atoms with van der Waals surface area (Å²) in [6.07, 6.45) is 4.91. The van der Waals surface area contributed by atoms with Crippen LogP contribution in [0.5, 0.6) is 5.75 Å². The maximum absolute atomic E-state index is 13.4.